The molecule has 0 saturated heterocycles. The molecule has 0 radical (unpaired) electrons. The van der Waals surface area contributed by atoms with E-state index in [1.807, 2.05) is 6.92 Å². The Bertz CT molecular complexity index is 465. The summed E-state index contributed by atoms with van der Waals surface area (Å²) < 4.78 is 11.0. The second-order valence-corrected chi connectivity index (χ2v) is 6.16. The van der Waals surface area contributed by atoms with E-state index in [0.717, 1.165) is 0 Å². The topological polar surface area (TPSA) is 72.2 Å². The first-order chi connectivity index (χ1) is 8.40. The number of carbonyl (C=O) groups excluding carboxylic acids is 1. The van der Waals surface area contributed by atoms with Gasteiger partial charge in [-0.3, -0.25) is 9.00 Å². The number of hydrogen-bond acceptors (Lipinski definition) is 3. The molecule has 1 aromatic carbocycles. The van der Waals surface area contributed by atoms with Gasteiger partial charge >= 0.3 is 0 Å². The van der Waals surface area contributed by atoms with Gasteiger partial charge in [0.15, 0.2) is 0 Å². The van der Waals surface area contributed by atoms with Crippen molar-refractivity contribution in [2.45, 2.75) is 19.4 Å². The van der Waals surface area contributed by atoms with Crippen LogP contribution in [-0.2, 0) is 10.8 Å². The molecule has 1 amide bonds. The number of nitrogens with one attached hydrogen (secondary N) is 1. The second kappa shape index (κ2) is 6.75. The molecule has 0 aliphatic rings. The van der Waals surface area contributed by atoms with Crippen LogP contribution in [0.4, 0.5) is 5.69 Å². The zero-order chi connectivity index (χ0) is 13.7. The molecule has 6 heteroatoms. The summed E-state index contributed by atoms with van der Waals surface area (Å²) in [4.78, 5) is 11.9. The fraction of sp³-hybridized carbons (Fsp3) is 0.417. The summed E-state index contributed by atoms with van der Waals surface area (Å²) in [5.74, 6) is 0.302. The van der Waals surface area contributed by atoms with Crippen molar-refractivity contribution in [2.75, 3.05) is 17.7 Å². The predicted molar refractivity (Wildman–Crippen MR) is 76.3 cm³/mol. The molecule has 0 bridgehead atoms. The molecule has 2 atom stereocenters. The van der Waals surface area contributed by atoms with E-state index in [9.17, 15) is 9.00 Å². The summed E-state index contributed by atoms with van der Waals surface area (Å²) >= 11 is 5.82. The van der Waals surface area contributed by atoms with Gasteiger partial charge in [-0.2, -0.15) is 0 Å². The molecule has 4 nitrogen and oxygen atoms in total. The third-order valence-corrected chi connectivity index (χ3v) is 3.52. The van der Waals surface area contributed by atoms with E-state index in [-0.39, 0.29) is 11.9 Å². The minimum Gasteiger partial charge on any atom is -0.398 e. The minimum atomic E-state index is -0.851. The Morgan fingerprint density at radius 3 is 2.83 bits per heavy atom. The third kappa shape index (κ3) is 4.66. The minimum absolute atomic E-state index is 0.0558. The largest absolute Gasteiger partial charge is 0.398 e. The molecule has 0 fully saturated rings. The molecule has 100 valence electrons. The number of carbonyl (C=O) groups is 1. The lowest BCUT2D eigenvalue weighted by molar-refractivity contribution is 0.0940. The van der Waals surface area contributed by atoms with Crippen LogP contribution in [0.1, 0.15) is 23.7 Å². The van der Waals surface area contributed by atoms with E-state index in [4.69, 9.17) is 17.3 Å². The van der Waals surface area contributed by atoms with Crippen LogP contribution in [0.5, 0.6) is 0 Å². The van der Waals surface area contributed by atoms with Gasteiger partial charge in [-0.05, 0) is 31.5 Å². The Kier molecular flexibility index (Phi) is 5.62. The average molecular weight is 289 g/mol. The quantitative estimate of drug-likeness (QED) is 0.812. The van der Waals surface area contributed by atoms with Gasteiger partial charge in [0.1, 0.15) is 0 Å². The molecule has 0 aliphatic carbocycles. The highest BCUT2D eigenvalue weighted by atomic mass is 35.5. The summed E-state index contributed by atoms with van der Waals surface area (Å²) in [6.07, 6.45) is 2.30. The van der Waals surface area contributed by atoms with Crippen molar-refractivity contribution in [3.63, 3.8) is 0 Å². The van der Waals surface area contributed by atoms with E-state index in [1.54, 1.807) is 18.4 Å². The predicted octanol–water partition coefficient (Wildman–Crippen LogP) is 1.81. The monoisotopic (exact) mass is 288 g/mol. The Labute approximate surface area is 114 Å². The number of anilines is 1. The Morgan fingerprint density at radius 1 is 1.56 bits per heavy atom. The normalized spacial score (nSPS) is 13.9. The van der Waals surface area contributed by atoms with Crippen LogP contribution in [0.3, 0.4) is 0 Å². The maximum atomic E-state index is 11.9. The van der Waals surface area contributed by atoms with Gasteiger partial charge < -0.3 is 11.1 Å². The first-order valence-electron chi connectivity index (χ1n) is 5.56. The summed E-state index contributed by atoms with van der Waals surface area (Å²) in [6, 6.07) is 4.72. The number of nitrogen functional groups attached to an aromatic ring is 1. The SMILES string of the molecule is CC(CCS(C)=O)NC(=O)c1cc(Cl)ccc1N. The molecule has 0 aromatic heterocycles. The van der Waals surface area contributed by atoms with E-state index in [0.29, 0.717) is 28.4 Å². The molecule has 0 saturated carbocycles. The van der Waals surface area contributed by atoms with Crippen molar-refractivity contribution in [3.8, 4) is 0 Å². The highest BCUT2D eigenvalue weighted by Crippen LogP contribution is 2.17. The lowest BCUT2D eigenvalue weighted by Crippen LogP contribution is -2.33. The first kappa shape index (κ1) is 15.0. The number of benzene rings is 1. The van der Waals surface area contributed by atoms with Gasteiger partial charge in [0.2, 0.25) is 0 Å². The average Bonchev–Trinajstić information content (AvgIpc) is 2.29. The Morgan fingerprint density at radius 2 is 2.22 bits per heavy atom. The molecule has 1 aromatic rings. The maximum absolute atomic E-state index is 11.9. The molecule has 18 heavy (non-hydrogen) atoms. The van der Waals surface area contributed by atoms with Crippen LogP contribution in [0, 0.1) is 0 Å². The number of hydrogen-bond donors (Lipinski definition) is 2. The fourth-order valence-corrected chi connectivity index (χ4v) is 2.30. The molecular weight excluding hydrogens is 272 g/mol. The summed E-state index contributed by atoms with van der Waals surface area (Å²) in [6.45, 7) is 1.87. The van der Waals surface area contributed by atoms with Crippen molar-refractivity contribution in [1.82, 2.24) is 5.32 Å². The van der Waals surface area contributed by atoms with Crippen molar-refractivity contribution in [3.05, 3.63) is 28.8 Å². The summed E-state index contributed by atoms with van der Waals surface area (Å²) in [5.41, 5.74) is 6.48. The van der Waals surface area contributed by atoms with E-state index in [2.05, 4.69) is 5.32 Å². The van der Waals surface area contributed by atoms with Gasteiger partial charge in [0.25, 0.3) is 5.91 Å². The van der Waals surface area contributed by atoms with Gasteiger partial charge in [0.05, 0.1) is 5.56 Å². The smallest absolute Gasteiger partial charge is 0.253 e. The fourth-order valence-electron chi connectivity index (χ4n) is 1.44. The number of halogens is 1. The highest BCUT2D eigenvalue weighted by molar-refractivity contribution is 7.84. The molecule has 1 rings (SSSR count). The molecule has 0 heterocycles. The standard InChI is InChI=1S/C12H17ClN2O2S/c1-8(5-6-18(2)17)15-12(16)10-7-9(13)3-4-11(10)14/h3-4,7-8H,5-6,14H2,1-2H3,(H,15,16). The van der Waals surface area contributed by atoms with Crippen LogP contribution < -0.4 is 11.1 Å². The van der Waals surface area contributed by atoms with E-state index >= 15 is 0 Å². The number of rotatable bonds is 5. The van der Waals surface area contributed by atoms with Crippen molar-refractivity contribution < 1.29 is 9.00 Å². The highest BCUT2D eigenvalue weighted by Gasteiger charge is 2.13. The van der Waals surface area contributed by atoms with Gasteiger partial charge in [0, 0.05) is 39.6 Å². The lowest BCUT2D eigenvalue weighted by Gasteiger charge is -2.14. The molecule has 0 aliphatic heterocycles. The molecule has 2 unspecified atom stereocenters. The van der Waals surface area contributed by atoms with E-state index in [1.165, 1.54) is 6.07 Å². The van der Waals surface area contributed by atoms with Crippen molar-refractivity contribution in [1.29, 1.82) is 0 Å². The molecule has 3 N–H and O–H groups in total. The zero-order valence-corrected chi connectivity index (χ0v) is 12.0. The van der Waals surface area contributed by atoms with E-state index < -0.39 is 10.8 Å². The number of amides is 1. The Balaban J connectivity index is 2.64. The first-order valence-corrected chi connectivity index (χ1v) is 7.66. The van der Waals surface area contributed by atoms with Crippen LogP contribution in [0.15, 0.2) is 18.2 Å². The van der Waals surface area contributed by atoms with Crippen molar-refractivity contribution in [2.24, 2.45) is 0 Å². The zero-order valence-electron chi connectivity index (χ0n) is 10.4. The van der Waals surface area contributed by atoms with Gasteiger partial charge in [-0.1, -0.05) is 11.6 Å². The van der Waals surface area contributed by atoms with Crippen LogP contribution in [0.2, 0.25) is 5.02 Å². The maximum Gasteiger partial charge on any atom is 0.253 e. The van der Waals surface area contributed by atoms with Crippen LogP contribution in [0.25, 0.3) is 0 Å². The van der Waals surface area contributed by atoms with Crippen molar-refractivity contribution >= 4 is 34.0 Å². The second-order valence-electron chi connectivity index (χ2n) is 4.17. The summed E-state index contributed by atoms with van der Waals surface area (Å²) in [5, 5.41) is 3.28. The lowest BCUT2D eigenvalue weighted by atomic mass is 10.1. The molecular formula is C12H17ClN2O2S. The van der Waals surface area contributed by atoms with Gasteiger partial charge in [-0.25, -0.2) is 0 Å². The van der Waals surface area contributed by atoms with Crippen LogP contribution in [-0.4, -0.2) is 28.2 Å². The summed E-state index contributed by atoms with van der Waals surface area (Å²) in [7, 11) is -0.851. The Hall–Kier alpha value is -1.07. The molecule has 0 spiro atoms. The van der Waals surface area contributed by atoms with Crippen LogP contribution >= 0.6 is 11.6 Å². The van der Waals surface area contributed by atoms with Gasteiger partial charge in [-0.15, -0.1) is 0 Å². The number of nitrogens with two attached hydrogens (primary N) is 1. The third-order valence-electron chi connectivity index (χ3n) is 2.48.